The molecule has 378 valence electrons. The number of amides is 6. The van der Waals surface area contributed by atoms with Crippen LogP contribution in [-0.2, 0) is 60.8 Å². The molecular formula is C50H69ClN6O12. The number of nitrogens with one attached hydrogen (secondary N) is 6. The molecule has 4 rings (SSSR count). The van der Waals surface area contributed by atoms with Gasteiger partial charge in [0.05, 0.1) is 23.7 Å². The smallest absolute Gasteiger partial charge is 0.328 e. The molecule has 2 aliphatic heterocycles. The van der Waals surface area contributed by atoms with E-state index in [0.29, 0.717) is 22.8 Å². The molecule has 2 heterocycles. The van der Waals surface area contributed by atoms with Gasteiger partial charge in [-0.1, -0.05) is 82.6 Å². The molecule has 0 aromatic heterocycles. The van der Waals surface area contributed by atoms with Gasteiger partial charge in [0, 0.05) is 44.7 Å². The number of methoxy groups -OCH3 is 1. The van der Waals surface area contributed by atoms with Crippen molar-refractivity contribution < 1.29 is 57.7 Å². The van der Waals surface area contributed by atoms with Gasteiger partial charge in [-0.05, 0) is 80.3 Å². The number of rotatable bonds is 19. The maximum Gasteiger partial charge on any atom is 0.328 e. The van der Waals surface area contributed by atoms with Gasteiger partial charge in [-0.2, -0.15) is 0 Å². The van der Waals surface area contributed by atoms with Gasteiger partial charge < -0.3 is 51.2 Å². The van der Waals surface area contributed by atoms with Gasteiger partial charge >= 0.3 is 11.9 Å². The van der Waals surface area contributed by atoms with Crippen LogP contribution in [0.25, 0.3) is 0 Å². The number of halogens is 1. The van der Waals surface area contributed by atoms with E-state index in [-0.39, 0.29) is 75.2 Å². The third-order valence-electron chi connectivity index (χ3n) is 12.0. The van der Waals surface area contributed by atoms with E-state index in [1.54, 1.807) is 52.0 Å². The van der Waals surface area contributed by atoms with Crippen molar-refractivity contribution >= 4 is 59.0 Å². The molecule has 0 saturated carbocycles. The highest BCUT2D eigenvalue weighted by molar-refractivity contribution is 6.32. The van der Waals surface area contributed by atoms with Crippen LogP contribution < -0.4 is 36.6 Å². The summed E-state index contributed by atoms with van der Waals surface area (Å²) in [4.78, 5) is 104. The molecule has 0 aliphatic carbocycles. The topological polar surface area (TPSA) is 260 Å². The molecule has 0 bridgehead atoms. The number of ether oxygens (including phenoxy) is 3. The molecule has 69 heavy (non-hydrogen) atoms. The zero-order chi connectivity index (χ0) is 51.2. The van der Waals surface area contributed by atoms with E-state index in [1.165, 1.54) is 20.1 Å². The monoisotopic (exact) mass is 980 g/mol. The van der Waals surface area contributed by atoms with Gasteiger partial charge in [-0.25, -0.2) is 4.79 Å². The molecule has 1 saturated heterocycles. The van der Waals surface area contributed by atoms with Crippen molar-refractivity contribution in [2.24, 2.45) is 23.2 Å². The molecule has 0 spiro atoms. The van der Waals surface area contributed by atoms with E-state index >= 15 is 0 Å². The second kappa shape index (κ2) is 25.6. The van der Waals surface area contributed by atoms with Crippen molar-refractivity contribution in [3.63, 3.8) is 0 Å². The summed E-state index contributed by atoms with van der Waals surface area (Å²) in [6.45, 7) is 14.1. The highest BCUT2D eigenvalue weighted by Gasteiger charge is 2.48. The Morgan fingerprint density at radius 1 is 0.899 bits per heavy atom. The number of carbonyl (C=O) groups is 8. The van der Waals surface area contributed by atoms with Crippen LogP contribution in [-0.4, -0.2) is 103 Å². The van der Waals surface area contributed by atoms with E-state index in [2.05, 4.69) is 31.9 Å². The van der Waals surface area contributed by atoms with E-state index in [0.717, 1.165) is 11.1 Å². The quantitative estimate of drug-likeness (QED) is 0.0772. The zero-order valence-corrected chi connectivity index (χ0v) is 41.7. The summed E-state index contributed by atoms with van der Waals surface area (Å²) in [5.41, 5.74) is 1.12. The molecule has 7 N–H and O–H groups in total. The Morgan fingerprint density at radius 3 is 2.20 bits per heavy atom. The van der Waals surface area contributed by atoms with Crippen molar-refractivity contribution in [2.75, 3.05) is 13.7 Å². The van der Waals surface area contributed by atoms with Gasteiger partial charge in [-0.15, -0.1) is 0 Å². The first-order valence-corrected chi connectivity index (χ1v) is 23.8. The van der Waals surface area contributed by atoms with E-state index in [9.17, 15) is 38.4 Å². The van der Waals surface area contributed by atoms with Crippen LogP contribution in [0.5, 0.6) is 5.75 Å². The second-order valence-electron chi connectivity index (χ2n) is 19.2. The summed E-state index contributed by atoms with van der Waals surface area (Å²) >= 11 is 6.37. The largest absolute Gasteiger partial charge is 0.495 e. The minimum absolute atomic E-state index is 0.00728. The number of carboxylic acids is 1. The lowest BCUT2D eigenvalue weighted by Gasteiger charge is -2.30. The summed E-state index contributed by atoms with van der Waals surface area (Å²) in [5.74, 6) is -4.84. The fourth-order valence-corrected chi connectivity index (χ4v) is 7.96. The third-order valence-corrected chi connectivity index (χ3v) is 12.3. The number of esters is 1. The van der Waals surface area contributed by atoms with Crippen LogP contribution in [0.4, 0.5) is 0 Å². The highest BCUT2D eigenvalue weighted by Crippen LogP contribution is 2.45. The molecule has 2 unspecified atom stereocenters. The van der Waals surface area contributed by atoms with E-state index < -0.39 is 83.1 Å². The number of carboxylic acid groups (broad SMARTS) is 1. The highest BCUT2D eigenvalue weighted by atomic mass is 35.5. The van der Waals surface area contributed by atoms with Crippen molar-refractivity contribution in [2.45, 2.75) is 143 Å². The first-order chi connectivity index (χ1) is 32.5. The molecule has 2 aromatic rings. The zero-order valence-electron chi connectivity index (χ0n) is 40.9. The molecule has 19 heteroatoms. The van der Waals surface area contributed by atoms with Crippen molar-refractivity contribution in [1.29, 1.82) is 0 Å². The Morgan fingerprint density at radius 2 is 1.58 bits per heavy atom. The first-order valence-electron chi connectivity index (χ1n) is 23.4. The Labute approximate surface area is 409 Å². The van der Waals surface area contributed by atoms with Gasteiger partial charge in [-0.3, -0.25) is 33.6 Å². The van der Waals surface area contributed by atoms with Crippen molar-refractivity contribution in [1.82, 2.24) is 31.9 Å². The number of benzene rings is 2. The lowest BCUT2D eigenvalue weighted by Crippen LogP contribution is -2.54. The molecule has 0 radical (unpaired) electrons. The van der Waals surface area contributed by atoms with Crippen LogP contribution in [0, 0.1) is 23.2 Å². The van der Waals surface area contributed by atoms with Crippen LogP contribution in [0.15, 0.2) is 54.6 Å². The fraction of sp³-hybridized carbons (Fsp3) is 0.560. The summed E-state index contributed by atoms with van der Waals surface area (Å²) < 4.78 is 17.6. The van der Waals surface area contributed by atoms with Gasteiger partial charge in [0.15, 0.2) is 0 Å². The Balaban J connectivity index is 1.43. The molecule has 2 aliphatic rings. The third kappa shape index (κ3) is 17.2. The molecular weight excluding hydrogens is 912 g/mol. The minimum atomic E-state index is -1.16. The first kappa shape index (κ1) is 55.6. The maximum absolute atomic E-state index is 13.9. The lowest BCUT2D eigenvalue weighted by atomic mass is 9.90. The van der Waals surface area contributed by atoms with Crippen LogP contribution >= 0.6 is 11.6 Å². The van der Waals surface area contributed by atoms with E-state index in [1.807, 2.05) is 45.0 Å². The number of cyclic esters (lactones) is 1. The minimum Gasteiger partial charge on any atom is -0.495 e. The maximum atomic E-state index is 13.9. The Kier molecular flexibility index (Phi) is 20.6. The number of hydrogen-bond donors (Lipinski definition) is 7. The molecule has 6 amide bonds. The van der Waals surface area contributed by atoms with Crippen LogP contribution in [0.3, 0.4) is 0 Å². The summed E-state index contributed by atoms with van der Waals surface area (Å²) in [7, 11) is 1.49. The Bertz CT molecular complexity index is 2200. The summed E-state index contributed by atoms with van der Waals surface area (Å²) in [6.07, 6.45) is 1.78. The molecule has 2 aromatic carbocycles. The molecule has 18 nitrogen and oxygen atoms in total. The predicted molar refractivity (Wildman–Crippen MR) is 256 cm³/mol. The summed E-state index contributed by atoms with van der Waals surface area (Å²) in [6, 6.07) is 8.61. The molecule has 1 fully saturated rings. The lowest BCUT2D eigenvalue weighted by molar-refractivity contribution is -0.157. The average Bonchev–Trinajstić information content (AvgIpc) is 4.09. The Hall–Kier alpha value is -6.01. The van der Waals surface area contributed by atoms with Gasteiger partial charge in [0.25, 0.3) is 0 Å². The van der Waals surface area contributed by atoms with Gasteiger partial charge in [0.1, 0.15) is 42.1 Å². The van der Waals surface area contributed by atoms with Crippen molar-refractivity contribution in [3.05, 3.63) is 76.3 Å². The SMILES string of the molecule is COc1ccc(C[C@H]2NC(=O)/C=C/C[C@@H]([C@H](C)[C@H]3O[C@@H]3c3ccc(CNC(=O)C(C)NC(=O)C(NC(=O)CCCC(=O)O)C(C)C)cc3)OC(=O)[C@H](CC(C)C)NC(=O)C(C)(C)CNC2=O)cc1Cl. The van der Waals surface area contributed by atoms with Crippen molar-refractivity contribution in [3.8, 4) is 5.75 Å². The van der Waals surface area contributed by atoms with E-state index in [4.69, 9.17) is 30.9 Å². The van der Waals surface area contributed by atoms with Crippen LogP contribution in [0.2, 0.25) is 5.02 Å². The normalized spacial score (nSPS) is 22.7. The summed E-state index contributed by atoms with van der Waals surface area (Å²) in [5, 5.41) is 25.7. The number of hydrogen-bond acceptors (Lipinski definition) is 11. The second-order valence-corrected chi connectivity index (χ2v) is 19.6. The molecule has 8 atom stereocenters. The standard InChI is InChI=1S/C50H69ClN6O12/c1-27(2)22-36-48(65)68-37(12-10-13-39(58)55-35(24-32-18-21-38(67-9)34(51)23-32)46(63)53-26-50(7,8)49(66)56-36)29(5)43-44(69-43)33-19-16-31(17-20-33)25-52-45(62)30(6)54-47(64)42(28(3)4)57-40(59)14-11-15-41(60)61/h10,13,16-21,23,27-30,35-37,42-44H,11-12,14-15,22,24-26H2,1-9H3,(H,52,62)(H,53,63)(H,54,64)(H,55,58)(H,56,66)(H,57,59)(H,60,61)/b13-10+/t29-,30?,35+,36-,37-,42?,43+,44+/m0/s1. The fourth-order valence-electron chi connectivity index (χ4n) is 7.68. The van der Waals surface area contributed by atoms with Gasteiger partial charge in [0.2, 0.25) is 35.4 Å². The number of epoxide rings is 1. The predicted octanol–water partition coefficient (Wildman–Crippen LogP) is 4.21. The van der Waals surface area contributed by atoms with Crippen LogP contribution in [0.1, 0.15) is 110 Å². The average molecular weight is 982 g/mol. The number of carbonyl (C=O) groups excluding carboxylic acids is 7. The number of aliphatic carboxylic acids is 1.